The second-order valence-corrected chi connectivity index (χ2v) is 11.9. The number of nitrogens with one attached hydrogen (secondary N) is 1. The SMILES string of the molecule is COc1ccccc1[C@@H]1c2sc(=O)n(CC(=O)Nc3ccc(C)cc3)c2S[C@@H]2[C@H]3CC[C@@H](C3)[C@@H]12. The van der Waals surface area contributed by atoms with Crippen molar-refractivity contribution in [3.8, 4) is 5.75 Å². The number of benzene rings is 2. The zero-order chi connectivity index (χ0) is 23.4. The number of hydrogen-bond acceptors (Lipinski definition) is 5. The Morgan fingerprint density at radius 2 is 1.88 bits per heavy atom. The lowest BCUT2D eigenvalue weighted by molar-refractivity contribution is -0.116. The lowest BCUT2D eigenvalue weighted by Crippen LogP contribution is -2.35. The van der Waals surface area contributed by atoms with E-state index in [1.807, 2.05) is 55.1 Å². The van der Waals surface area contributed by atoms with Crippen LogP contribution in [0.1, 0.15) is 41.2 Å². The van der Waals surface area contributed by atoms with Gasteiger partial charge < -0.3 is 10.1 Å². The number of thioether (sulfide) groups is 1. The zero-order valence-electron chi connectivity index (χ0n) is 19.3. The highest BCUT2D eigenvalue weighted by Crippen LogP contribution is 2.64. The lowest BCUT2D eigenvalue weighted by Gasteiger charge is -2.40. The molecular weight excluding hydrogens is 464 g/mol. The molecule has 34 heavy (non-hydrogen) atoms. The van der Waals surface area contributed by atoms with Crippen molar-refractivity contribution in [2.45, 2.75) is 48.9 Å². The van der Waals surface area contributed by atoms with E-state index >= 15 is 0 Å². The molecular formula is C27H28N2O3S2. The van der Waals surface area contributed by atoms with Gasteiger partial charge in [-0.05, 0) is 62.1 Å². The lowest BCUT2D eigenvalue weighted by atomic mass is 9.74. The van der Waals surface area contributed by atoms with Crippen molar-refractivity contribution in [2.24, 2.45) is 17.8 Å². The summed E-state index contributed by atoms with van der Waals surface area (Å²) in [5.41, 5.74) is 3.06. The number of amides is 1. The van der Waals surface area contributed by atoms with Gasteiger partial charge in [-0.25, -0.2) is 0 Å². The third-order valence-corrected chi connectivity index (χ3v) is 10.6. The number of nitrogens with zero attached hydrogens (tertiary/aromatic N) is 1. The number of carbonyl (C=O) groups excluding carboxylic acids is 1. The summed E-state index contributed by atoms with van der Waals surface area (Å²) in [5.74, 6) is 2.76. The summed E-state index contributed by atoms with van der Waals surface area (Å²) in [6, 6.07) is 16.0. The summed E-state index contributed by atoms with van der Waals surface area (Å²) in [6.07, 6.45) is 3.83. The number of carbonyl (C=O) groups is 1. The van der Waals surface area contributed by atoms with Crippen LogP contribution in [-0.4, -0.2) is 22.8 Å². The van der Waals surface area contributed by atoms with Gasteiger partial charge in [-0.15, -0.1) is 11.8 Å². The number of aryl methyl sites for hydroxylation is 1. The second-order valence-electron chi connectivity index (χ2n) is 9.75. The molecule has 2 bridgehead atoms. The first-order valence-electron chi connectivity index (χ1n) is 11.9. The Labute approximate surface area is 207 Å². The van der Waals surface area contributed by atoms with Crippen molar-refractivity contribution >= 4 is 34.7 Å². The Balaban J connectivity index is 1.38. The van der Waals surface area contributed by atoms with Crippen LogP contribution in [0.15, 0.2) is 58.4 Å². The maximum Gasteiger partial charge on any atom is 0.308 e. The predicted molar refractivity (Wildman–Crippen MR) is 137 cm³/mol. The van der Waals surface area contributed by atoms with Gasteiger partial charge in [0, 0.05) is 27.3 Å². The van der Waals surface area contributed by atoms with Crippen LogP contribution in [0.5, 0.6) is 5.75 Å². The molecule has 1 N–H and O–H groups in total. The molecule has 0 spiro atoms. The number of thiazole rings is 1. The first kappa shape index (κ1) is 22.0. The number of para-hydroxylation sites is 1. The summed E-state index contributed by atoms with van der Waals surface area (Å²) in [7, 11) is 1.72. The summed E-state index contributed by atoms with van der Waals surface area (Å²) in [5, 5.41) is 4.43. The summed E-state index contributed by atoms with van der Waals surface area (Å²) in [6.45, 7) is 2.05. The van der Waals surface area contributed by atoms with Crippen LogP contribution in [0.3, 0.4) is 0 Å². The topological polar surface area (TPSA) is 60.3 Å². The number of hydrogen-bond donors (Lipinski definition) is 1. The van der Waals surface area contributed by atoms with E-state index in [0.717, 1.165) is 26.9 Å². The largest absolute Gasteiger partial charge is 0.496 e. The van der Waals surface area contributed by atoms with E-state index in [9.17, 15) is 9.59 Å². The van der Waals surface area contributed by atoms with Crippen molar-refractivity contribution in [1.29, 1.82) is 0 Å². The molecule has 2 aromatic carbocycles. The third kappa shape index (κ3) is 3.60. The van der Waals surface area contributed by atoms with Crippen molar-refractivity contribution in [1.82, 2.24) is 4.57 Å². The van der Waals surface area contributed by atoms with E-state index in [1.54, 1.807) is 11.7 Å². The molecule has 2 fully saturated rings. The van der Waals surface area contributed by atoms with Crippen molar-refractivity contribution in [2.75, 3.05) is 12.4 Å². The third-order valence-electron chi connectivity index (χ3n) is 7.80. The zero-order valence-corrected chi connectivity index (χ0v) is 21.0. The molecule has 2 aliphatic carbocycles. The van der Waals surface area contributed by atoms with Gasteiger partial charge in [-0.1, -0.05) is 47.2 Å². The molecule has 0 saturated heterocycles. The van der Waals surface area contributed by atoms with Crippen LogP contribution in [0, 0.1) is 24.7 Å². The number of anilines is 1. The highest BCUT2D eigenvalue weighted by Gasteiger charge is 2.55. The van der Waals surface area contributed by atoms with Crippen molar-refractivity contribution in [3.63, 3.8) is 0 Å². The van der Waals surface area contributed by atoms with Gasteiger partial charge in [-0.2, -0.15) is 0 Å². The molecule has 2 saturated carbocycles. The maximum atomic E-state index is 13.2. The van der Waals surface area contributed by atoms with E-state index in [-0.39, 0.29) is 23.2 Å². The number of rotatable bonds is 5. The normalized spacial score (nSPS) is 26.7. The van der Waals surface area contributed by atoms with Crippen LogP contribution >= 0.6 is 23.1 Å². The first-order valence-corrected chi connectivity index (χ1v) is 13.6. The average Bonchev–Trinajstić information content (AvgIpc) is 3.54. The quantitative estimate of drug-likeness (QED) is 0.510. The number of aromatic nitrogens is 1. The molecule has 3 aliphatic rings. The molecule has 3 aromatic rings. The van der Waals surface area contributed by atoms with Crippen LogP contribution in [0.25, 0.3) is 0 Å². The van der Waals surface area contributed by atoms with E-state index in [0.29, 0.717) is 23.0 Å². The Morgan fingerprint density at radius 1 is 1.12 bits per heavy atom. The molecule has 5 atom stereocenters. The van der Waals surface area contributed by atoms with Gasteiger partial charge in [0.2, 0.25) is 5.91 Å². The average molecular weight is 493 g/mol. The molecule has 1 aromatic heterocycles. The fourth-order valence-electron chi connectivity index (χ4n) is 6.34. The molecule has 1 amide bonds. The summed E-state index contributed by atoms with van der Waals surface area (Å²) >= 11 is 3.17. The Hall–Kier alpha value is -2.51. The molecule has 5 nitrogen and oxygen atoms in total. The van der Waals surface area contributed by atoms with E-state index < -0.39 is 0 Å². The van der Waals surface area contributed by atoms with Gasteiger partial charge in [0.15, 0.2) is 0 Å². The van der Waals surface area contributed by atoms with Crippen LogP contribution < -0.4 is 14.9 Å². The van der Waals surface area contributed by atoms with Crippen LogP contribution in [0.4, 0.5) is 5.69 Å². The van der Waals surface area contributed by atoms with Crippen LogP contribution in [-0.2, 0) is 11.3 Å². The molecule has 7 heteroatoms. The monoisotopic (exact) mass is 492 g/mol. The van der Waals surface area contributed by atoms with Gasteiger partial charge >= 0.3 is 4.87 Å². The smallest absolute Gasteiger partial charge is 0.308 e. The molecule has 2 heterocycles. The summed E-state index contributed by atoms with van der Waals surface area (Å²) in [4.78, 5) is 27.2. The fraction of sp³-hybridized carbons (Fsp3) is 0.407. The van der Waals surface area contributed by atoms with Gasteiger partial charge in [0.1, 0.15) is 12.3 Å². The fourth-order valence-corrected chi connectivity index (χ4v) is 9.48. The van der Waals surface area contributed by atoms with E-state index in [4.69, 9.17) is 4.74 Å². The number of ether oxygens (including phenoxy) is 1. The Kier molecular flexibility index (Phi) is 5.57. The second kappa shape index (κ2) is 8.61. The minimum Gasteiger partial charge on any atom is -0.496 e. The van der Waals surface area contributed by atoms with E-state index in [2.05, 4.69) is 17.4 Å². The minimum atomic E-state index is -0.170. The van der Waals surface area contributed by atoms with Gasteiger partial charge in [0.05, 0.1) is 12.1 Å². The number of fused-ring (bicyclic) bond motifs is 6. The molecule has 6 rings (SSSR count). The van der Waals surface area contributed by atoms with Gasteiger partial charge in [-0.3, -0.25) is 14.2 Å². The highest BCUT2D eigenvalue weighted by molar-refractivity contribution is 8.00. The maximum absolute atomic E-state index is 13.2. The van der Waals surface area contributed by atoms with Crippen LogP contribution in [0.2, 0.25) is 0 Å². The molecule has 0 radical (unpaired) electrons. The Morgan fingerprint density at radius 3 is 2.68 bits per heavy atom. The molecule has 176 valence electrons. The standard InChI is InChI=1S/C27H28N2O3S2/c1-15-7-11-18(12-8-15)28-21(30)14-29-26-25(34-27(29)31)23(19-5-3-4-6-20(19)32-2)22-16-9-10-17(13-16)24(22)33-26/h3-8,11-12,16-17,22-24H,9-10,13-14H2,1-2H3,(H,28,30)/t16-,17-,22-,23-,24+/m0/s1. The molecule has 0 unspecified atom stereocenters. The predicted octanol–water partition coefficient (Wildman–Crippen LogP) is 5.52. The molecule has 1 aliphatic heterocycles. The van der Waals surface area contributed by atoms with Crippen molar-refractivity contribution < 1.29 is 9.53 Å². The minimum absolute atomic E-state index is 0.0374. The first-order chi connectivity index (χ1) is 16.5. The van der Waals surface area contributed by atoms with Gasteiger partial charge in [0.25, 0.3) is 0 Å². The number of methoxy groups -OCH3 is 1. The highest BCUT2D eigenvalue weighted by atomic mass is 32.2. The van der Waals surface area contributed by atoms with Crippen molar-refractivity contribution in [3.05, 3.63) is 74.2 Å². The Bertz CT molecular complexity index is 1300. The van der Waals surface area contributed by atoms with E-state index in [1.165, 1.54) is 36.2 Å². The summed E-state index contributed by atoms with van der Waals surface area (Å²) < 4.78 is 7.47.